The molecule has 6 rings (SSSR count). The number of benzene rings is 1. The first-order valence-corrected chi connectivity index (χ1v) is 15.1. The molecule has 4 aromatic rings. The SMILES string of the molecule is CCC(=O)Nc1cc(Nc2nc(N3CCc4sccc4C3)c3cccnc3n2)c(OC)cc1N1CCN(CC)CC1. The van der Waals surface area contributed by atoms with E-state index in [1.807, 2.05) is 42.5 Å². The van der Waals surface area contributed by atoms with Gasteiger partial charge in [-0.2, -0.15) is 9.97 Å². The number of anilines is 5. The lowest BCUT2D eigenvalue weighted by Gasteiger charge is -2.36. The number of amides is 1. The van der Waals surface area contributed by atoms with Gasteiger partial charge in [0.15, 0.2) is 5.65 Å². The molecule has 0 unspecified atom stereocenters. The molecule has 5 heterocycles. The molecule has 0 aliphatic carbocycles. The molecule has 0 spiro atoms. The Hall–Kier alpha value is -3.96. The molecule has 214 valence electrons. The zero-order valence-corrected chi connectivity index (χ0v) is 24.6. The van der Waals surface area contributed by atoms with Crippen LogP contribution in [-0.2, 0) is 17.8 Å². The second-order valence-electron chi connectivity index (χ2n) is 10.3. The lowest BCUT2D eigenvalue weighted by molar-refractivity contribution is -0.115. The van der Waals surface area contributed by atoms with Gasteiger partial charge in [-0.25, -0.2) is 4.98 Å². The molecule has 11 heteroatoms. The highest BCUT2D eigenvalue weighted by molar-refractivity contribution is 7.10. The number of nitrogens with one attached hydrogen (secondary N) is 2. The number of aromatic nitrogens is 3. The normalized spacial score (nSPS) is 15.6. The first kappa shape index (κ1) is 27.2. The zero-order valence-electron chi connectivity index (χ0n) is 23.8. The Morgan fingerprint density at radius 3 is 2.68 bits per heavy atom. The summed E-state index contributed by atoms with van der Waals surface area (Å²) < 4.78 is 5.85. The van der Waals surface area contributed by atoms with Crippen molar-refractivity contribution in [2.24, 2.45) is 0 Å². The van der Waals surface area contributed by atoms with Crippen molar-refractivity contribution in [3.05, 3.63) is 52.3 Å². The van der Waals surface area contributed by atoms with Gasteiger partial charge in [0.25, 0.3) is 0 Å². The van der Waals surface area contributed by atoms with Gasteiger partial charge in [0.05, 0.1) is 29.6 Å². The van der Waals surface area contributed by atoms with Crippen molar-refractivity contribution >= 4 is 57.1 Å². The topological polar surface area (TPSA) is 98.8 Å². The van der Waals surface area contributed by atoms with Crippen molar-refractivity contribution in [1.82, 2.24) is 19.9 Å². The third-order valence-electron chi connectivity index (χ3n) is 7.88. The van der Waals surface area contributed by atoms with Crippen molar-refractivity contribution in [2.75, 3.05) is 66.8 Å². The minimum Gasteiger partial charge on any atom is -0.494 e. The fourth-order valence-electron chi connectivity index (χ4n) is 5.53. The Labute approximate surface area is 244 Å². The summed E-state index contributed by atoms with van der Waals surface area (Å²) in [5.74, 6) is 1.89. The van der Waals surface area contributed by atoms with Gasteiger partial charge in [0, 0.05) is 62.8 Å². The largest absolute Gasteiger partial charge is 0.494 e. The minimum absolute atomic E-state index is 0.0408. The van der Waals surface area contributed by atoms with Gasteiger partial charge in [-0.05, 0) is 48.2 Å². The molecule has 0 saturated carbocycles. The van der Waals surface area contributed by atoms with Crippen LogP contribution in [0.1, 0.15) is 30.7 Å². The van der Waals surface area contributed by atoms with Crippen LogP contribution >= 0.6 is 11.3 Å². The highest BCUT2D eigenvalue weighted by Gasteiger charge is 2.24. The number of hydrogen-bond donors (Lipinski definition) is 2. The van der Waals surface area contributed by atoms with Gasteiger partial charge in [-0.15, -0.1) is 11.3 Å². The summed E-state index contributed by atoms with van der Waals surface area (Å²) in [4.78, 5) is 35.3. The van der Waals surface area contributed by atoms with Crippen molar-refractivity contribution in [3.63, 3.8) is 0 Å². The molecule has 1 aromatic carbocycles. The van der Waals surface area contributed by atoms with E-state index in [1.54, 1.807) is 13.3 Å². The number of likely N-dealkylation sites (N-methyl/N-ethyl adjacent to an activating group) is 1. The lowest BCUT2D eigenvalue weighted by atomic mass is 10.1. The van der Waals surface area contributed by atoms with E-state index in [0.717, 1.165) is 74.8 Å². The molecule has 2 aliphatic rings. The third kappa shape index (κ3) is 5.64. The summed E-state index contributed by atoms with van der Waals surface area (Å²) in [6, 6.07) is 10.1. The minimum atomic E-state index is -0.0408. The molecule has 41 heavy (non-hydrogen) atoms. The van der Waals surface area contributed by atoms with Crippen LogP contribution in [0.25, 0.3) is 11.0 Å². The Kier molecular flexibility index (Phi) is 7.89. The van der Waals surface area contributed by atoms with Crippen LogP contribution in [0.5, 0.6) is 5.75 Å². The molecule has 10 nitrogen and oxygen atoms in total. The smallest absolute Gasteiger partial charge is 0.231 e. The maximum atomic E-state index is 12.5. The number of ether oxygens (including phenoxy) is 1. The van der Waals surface area contributed by atoms with Crippen molar-refractivity contribution in [2.45, 2.75) is 33.2 Å². The van der Waals surface area contributed by atoms with Crippen molar-refractivity contribution in [1.29, 1.82) is 0 Å². The molecule has 2 aliphatic heterocycles. The number of pyridine rings is 1. The van der Waals surface area contributed by atoms with Gasteiger partial charge in [0.1, 0.15) is 11.6 Å². The predicted molar refractivity (Wildman–Crippen MR) is 166 cm³/mol. The van der Waals surface area contributed by atoms with Crippen LogP contribution in [0.2, 0.25) is 0 Å². The zero-order chi connectivity index (χ0) is 28.3. The fraction of sp³-hybridized carbons (Fsp3) is 0.400. The summed E-state index contributed by atoms with van der Waals surface area (Å²) in [5, 5.41) is 9.59. The predicted octanol–water partition coefficient (Wildman–Crippen LogP) is 4.89. The number of methoxy groups -OCH3 is 1. The first-order valence-electron chi connectivity index (χ1n) is 14.3. The van der Waals surface area contributed by atoms with Crippen LogP contribution in [-0.4, -0.2) is 72.1 Å². The van der Waals surface area contributed by atoms with Gasteiger partial charge < -0.3 is 30.1 Å². The van der Waals surface area contributed by atoms with Gasteiger partial charge in [-0.1, -0.05) is 13.8 Å². The van der Waals surface area contributed by atoms with Gasteiger partial charge in [-0.3, -0.25) is 4.79 Å². The van der Waals surface area contributed by atoms with Crippen LogP contribution in [0, 0.1) is 0 Å². The fourth-order valence-corrected chi connectivity index (χ4v) is 6.42. The first-order chi connectivity index (χ1) is 20.1. The number of piperazine rings is 1. The average Bonchev–Trinajstić information content (AvgIpc) is 3.49. The van der Waals surface area contributed by atoms with Gasteiger partial charge in [0.2, 0.25) is 11.9 Å². The average molecular weight is 573 g/mol. The van der Waals surface area contributed by atoms with Crippen LogP contribution in [0.15, 0.2) is 41.9 Å². The quantitative estimate of drug-likeness (QED) is 0.306. The van der Waals surface area contributed by atoms with Crippen LogP contribution in [0.3, 0.4) is 0 Å². The van der Waals surface area contributed by atoms with Crippen LogP contribution in [0.4, 0.5) is 28.8 Å². The number of thiophene rings is 1. The van der Waals surface area contributed by atoms with E-state index in [9.17, 15) is 4.79 Å². The summed E-state index contributed by atoms with van der Waals surface area (Å²) >= 11 is 1.82. The molecule has 0 bridgehead atoms. The molecule has 0 atom stereocenters. The lowest BCUT2D eigenvalue weighted by Crippen LogP contribution is -2.46. The Bertz CT molecular complexity index is 1550. The van der Waals surface area contributed by atoms with E-state index >= 15 is 0 Å². The van der Waals surface area contributed by atoms with E-state index in [-0.39, 0.29) is 5.91 Å². The Morgan fingerprint density at radius 1 is 1.05 bits per heavy atom. The number of rotatable bonds is 8. The molecule has 3 aromatic heterocycles. The molecule has 1 amide bonds. The van der Waals surface area contributed by atoms with E-state index in [0.29, 0.717) is 29.5 Å². The third-order valence-corrected chi connectivity index (χ3v) is 8.90. The summed E-state index contributed by atoms with van der Waals surface area (Å²) in [5.41, 5.74) is 4.34. The molecule has 1 fully saturated rings. The second kappa shape index (κ2) is 11.9. The van der Waals surface area contributed by atoms with E-state index in [2.05, 4.69) is 48.7 Å². The number of carbonyl (C=O) groups excluding carboxylic acids is 1. The maximum absolute atomic E-state index is 12.5. The second-order valence-corrected chi connectivity index (χ2v) is 11.3. The number of fused-ring (bicyclic) bond motifs is 2. The number of hydrogen-bond acceptors (Lipinski definition) is 10. The molecule has 0 radical (unpaired) electrons. The number of nitrogens with zero attached hydrogens (tertiary/aromatic N) is 6. The molecular weight excluding hydrogens is 536 g/mol. The summed E-state index contributed by atoms with van der Waals surface area (Å²) in [6.45, 7) is 10.5. The highest BCUT2D eigenvalue weighted by atomic mass is 32.1. The van der Waals surface area contributed by atoms with E-state index in [1.165, 1.54) is 10.4 Å². The monoisotopic (exact) mass is 572 g/mol. The van der Waals surface area contributed by atoms with Crippen LogP contribution < -0.4 is 25.2 Å². The standard InChI is InChI=1S/C30H36N8O2S/c1-4-27(39)32-22-17-23(25(40-3)18-24(22)37-14-12-36(5-2)13-15-37)33-30-34-28-21(7-6-10-31-28)29(35-30)38-11-8-26-20(19-38)9-16-41-26/h6-7,9-10,16-18H,4-5,8,11-15,19H2,1-3H3,(H,32,39)(H,31,33,34,35). The Balaban J connectivity index is 1.36. The Morgan fingerprint density at radius 2 is 1.90 bits per heavy atom. The summed E-state index contributed by atoms with van der Waals surface area (Å²) in [7, 11) is 1.66. The van der Waals surface area contributed by atoms with E-state index < -0.39 is 0 Å². The summed E-state index contributed by atoms with van der Waals surface area (Å²) in [6.07, 6.45) is 3.13. The highest BCUT2D eigenvalue weighted by Crippen LogP contribution is 2.39. The van der Waals surface area contributed by atoms with Crippen molar-refractivity contribution < 1.29 is 9.53 Å². The van der Waals surface area contributed by atoms with Gasteiger partial charge >= 0.3 is 0 Å². The number of carbonyl (C=O) groups is 1. The molecular formula is C30H36N8O2S. The van der Waals surface area contributed by atoms with Crippen molar-refractivity contribution in [3.8, 4) is 5.75 Å². The molecule has 1 saturated heterocycles. The maximum Gasteiger partial charge on any atom is 0.231 e. The molecule has 2 N–H and O–H groups in total. The van der Waals surface area contributed by atoms with E-state index in [4.69, 9.17) is 14.7 Å².